The number of dihydropyridines is 1. The van der Waals surface area contributed by atoms with E-state index in [0.29, 0.717) is 22.5 Å². The summed E-state index contributed by atoms with van der Waals surface area (Å²) in [7, 11) is 0. The highest BCUT2D eigenvalue weighted by molar-refractivity contribution is 5.99. The van der Waals surface area contributed by atoms with Gasteiger partial charge in [-0.2, -0.15) is 0 Å². The summed E-state index contributed by atoms with van der Waals surface area (Å²) in [5.41, 5.74) is 2.73. The zero-order valence-corrected chi connectivity index (χ0v) is 15.5. The molecule has 0 saturated carbocycles. The quantitative estimate of drug-likeness (QED) is 0.666. The van der Waals surface area contributed by atoms with Gasteiger partial charge in [0.05, 0.1) is 30.3 Å². The smallest absolute Gasteiger partial charge is 0.337 e. The van der Waals surface area contributed by atoms with Gasteiger partial charge in [-0.1, -0.05) is 30.0 Å². The van der Waals surface area contributed by atoms with Crippen LogP contribution in [0.2, 0.25) is 0 Å². The van der Waals surface area contributed by atoms with Crippen LogP contribution in [0.4, 0.5) is 0 Å². The van der Waals surface area contributed by atoms with Crippen LogP contribution < -0.4 is 5.32 Å². The van der Waals surface area contributed by atoms with Crippen LogP contribution in [-0.4, -0.2) is 25.2 Å². The monoisotopic (exact) mass is 353 g/mol. The third-order valence-corrected chi connectivity index (χ3v) is 3.89. The van der Waals surface area contributed by atoms with Crippen molar-refractivity contribution in [2.45, 2.75) is 27.7 Å². The van der Waals surface area contributed by atoms with Gasteiger partial charge in [0.15, 0.2) is 0 Å². The highest BCUT2D eigenvalue weighted by Crippen LogP contribution is 2.31. The molecule has 5 nitrogen and oxygen atoms in total. The summed E-state index contributed by atoms with van der Waals surface area (Å²) >= 11 is 0. The van der Waals surface area contributed by atoms with E-state index in [0.717, 1.165) is 5.56 Å². The molecule has 136 valence electrons. The van der Waals surface area contributed by atoms with Gasteiger partial charge in [0, 0.05) is 17.0 Å². The molecule has 1 aliphatic heterocycles. The third-order valence-electron chi connectivity index (χ3n) is 3.89. The molecule has 1 aliphatic rings. The van der Waals surface area contributed by atoms with Gasteiger partial charge in [-0.05, 0) is 39.8 Å². The fourth-order valence-corrected chi connectivity index (χ4v) is 2.77. The van der Waals surface area contributed by atoms with Crippen LogP contribution in [0.15, 0.2) is 52.9 Å². The zero-order valence-electron chi connectivity index (χ0n) is 15.5. The van der Waals surface area contributed by atoms with Crippen molar-refractivity contribution in [3.8, 4) is 11.8 Å². The molecule has 1 N–H and O–H groups in total. The van der Waals surface area contributed by atoms with E-state index < -0.39 is 17.9 Å². The molecule has 0 saturated heterocycles. The zero-order chi connectivity index (χ0) is 19.1. The molecule has 0 atom stereocenters. The summed E-state index contributed by atoms with van der Waals surface area (Å²) in [5, 5.41) is 3.08. The first-order valence-electron chi connectivity index (χ1n) is 8.58. The first kappa shape index (κ1) is 19.3. The van der Waals surface area contributed by atoms with Gasteiger partial charge in [0.1, 0.15) is 0 Å². The van der Waals surface area contributed by atoms with Crippen LogP contribution in [0.1, 0.15) is 33.3 Å². The molecule has 1 aromatic carbocycles. The first-order chi connectivity index (χ1) is 12.5. The normalized spacial score (nSPS) is 14.3. The van der Waals surface area contributed by atoms with E-state index in [-0.39, 0.29) is 13.2 Å². The maximum atomic E-state index is 12.5. The number of nitrogens with one attached hydrogen (secondary N) is 1. The lowest BCUT2D eigenvalue weighted by molar-refractivity contribution is -0.139. The van der Waals surface area contributed by atoms with Crippen LogP contribution >= 0.6 is 0 Å². The summed E-state index contributed by atoms with van der Waals surface area (Å²) in [5.74, 6) is 4.43. The molecule has 26 heavy (non-hydrogen) atoms. The summed E-state index contributed by atoms with van der Waals surface area (Å²) in [6.07, 6.45) is 0. The molecule has 1 heterocycles. The minimum atomic E-state index is -0.713. The number of hydrogen-bond acceptors (Lipinski definition) is 5. The van der Waals surface area contributed by atoms with Gasteiger partial charge < -0.3 is 14.8 Å². The molecule has 1 aromatic rings. The fraction of sp³-hybridized carbons (Fsp3) is 0.333. The lowest BCUT2D eigenvalue weighted by atomic mass is 9.85. The summed E-state index contributed by atoms with van der Waals surface area (Å²) in [6.45, 7) is 7.51. The Hall–Kier alpha value is -3.00. The van der Waals surface area contributed by atoms with Gasteiger partial charge >= 0.3 is 11.9 Å². The molecular weight excluding hydrogens is 330 g/mol. The molecule has 2 rings (SSSR count). The number of allylic oxidation sites excluding steroid dienone is 2. The second kappa shape index (κ2) is 8.91. The molecule has 0 bridgehead atoms. The van der Waals surface area contributed by atoms with E-state index in [1.807, 2.05) is 30.3 Å². The van der Waals surface area contributed by atoms with E-state index in [2.05, 4.69) is 17.2 Å². The maximum absolute atomic E-state index is 12.5. The van der Waals surface area contributed by atoms with Crippen LogP contribution in [0.3, 0.4) is 0 Å². The minimum absolute atomic E-state index is 0.242. The molecule has 0 fully saturated rings. The minimum Gasteiger partial charge on any atom is -0.463 e. The van der Waals surface area contributed by atoms with Crippen molar-refractivity contribution in [2.75, 3.05) is 13.2 Å². The van der Waals surface area contributed by atoms with Crippen molar-refractivity contribution in [1.82, 2.24) is 5.32 Å². The van der Waals surface area contributed by atoms with Crippen molar-refractivity contribution in [3.05, 3.63) is 58.4 Å². The molecule has 0 spiro atoms. The predicted octanol–water partition coefficient (Wildman–Crippen LogP) is 2.93. The predicted molar refractivity (Wildman–Crippen MR) is 98.6 cm³/mol. The molecule has 0 aliphatic carbocycles. The van der Waals surface area contributed by atoms with Crippen LogP contribution in [0.5, 0.6) is 0 Å². The molecule has 5 heteroatoms. The third kappa shape index (κ3) is 4.34. The Labute approximate surface area is 154 Å². The van der Waals surface area contributed by atoms with Gasteiger partial charge in [-0.3, -0.25) is 0 Å². The van der Waals surface area contributed by atoms with E-state index in [1.165, 1.54) is 0 Å². The van der Waals surface area contributed by atoms with Crippen molar-refractivity contribution in [2.24, 2.45) is 5.92 Å². The van der Waals surface area contributed by atoms with Crippen LogP contribution in [0.25, 0.3) is 0 Å². The molecule has 0 unspecified atom stereocenters. The van der Waals surface area contributed by atoms with Crippen LogP contribution in [0, 0.1) is 17.8 Å². The Kier molecular flexibility index (Phi) is 6.62. The van der Waals surface area contributed by atoms with E-state index in [1.54, 1.807) is 27.7 Å². The lowest BCUT2D eigenvalue weighted by Crippen LogP contribution is -2.33. The van der Waals surface area contributed by atoms with E-state index in [4.69, 9.17) is 9.47 Å². The number of esters is 2. The largest absolute Gasteiger partial charge is 0.463 e. The maximum Gasteiger partial charge on any atom is 0.337 e. The van der Waals surface area contributed by atoms with Gasteiger partial charge in [0.2, 0.25) is 0 Å². The average molecular weight is 353 g/mol. The van der Waals surface area contributed by atoms with Crippen molar-refractivity contribution >= 4 is 11.9 Å². The summed E-state index contributed by atoms with van der Waals surface area (Å²) < 4.78 is 10.4. The molecular formula is C21H23NO4. The molecule has 0 amide bonds. The SMILES string of the molecule is CCOC(=O)C1=C(C)NC(C)=C(C(=O)OCC)C1C#Cc1ccccc1. The van der Waals surface area contributed by atoms with Gasteiger partial charge in [0.25, 0.3) is 0 Å². The summed E-state index contributed by atoms with van der Waals surface area (Å²) in [4.78, 5) is 25.0. The van der Waals surface area contributed by atoms with Crippen molar-refractivity contribution in [1.29, 1.82) is 0 Å². The Bertz CT molecular complexity index is 769. The highest BCUT2D eigenvalue weighted by atomic mass is 16.5. The Morgan fingerprint density at radius 1 is 0.962 bits per heavy atom. The fourth-order valence-electron chi connectivity index (χ4n) is 2.77. The van der Waals surface area contributed by atoms with Crippen molar-refractivity contribution in [3.63, 3.8) is 0 Å². The number of hydrogen-bond donors (Lipinski definition) is 1. The van der Waals surface area contributed by atoms with E-state index >= 15 is 0 Å². The number of benzene rings is 1. The standard InChI is InChI=1S/C21H23NO4/c1-5-25-20(23)18-14(3)22-15(4)19(21(24)26-6-2)17(18)13-12-16-10-8-7-9-11-16/h7-11,17,22H,5-6H2,1-4H3. The number of ether oxygens (including phenoxy) is 2. The Balaban J connectivity index is 2.53. The molecule has 0 aromatic heterocycles. The Morgan fingerprint density at radius 3 is 1.92 bits per heavy atom. The highest BCUT2D eigenvalue weighted by Gasteiger charge is 2.35. The Morgan fingerprint density at radius 2 is 1.46 bits per heavy atom. The topological polar surface area (TPSA) is 64.6 Å². The average Bonchev–Trinajstić information content (AvgIpc) is 2.60. The lowest BCUT2D eigenvalue weighted by Gasteiger charge is -2.27. The van der Waals surface area contributed by atoms with E-state index in [9.17, 15) is 9.59 Å². The van der Waals surface area contributed by atoms with Gasteiger partial charge in [-0.25, -0.2) is 9.59 Å². The van der Waals surface area contributed by atoms with Crippen molar-refractivity contribution < 1.29 is 19.1 Å². The van der Waals surface area contributed by atoms with Crippen LogP contribution in [-0.2, 0) is 19.1 Å². The van der Waals surface area contributed by atoms with Gasteiger partial charge in [-0.15, -0.1) is 0 Å². The number of rotatable bonds is 4. The second-order valence-corrected chi connectivity index (χ2v) is 5.71. The molecule has 0 radical (unpaired) electrons. The number of carbonyl (C=O) groups excluding carboxylic acids is 2. The first-order valence-corrected chi connectivity index (χ1v) is 8.58. The summed E-state index contributed by atoms with van der Waals surface area (Å²) in [6, 6.07) is 9.41. The second-order valence-electron chi connectivity index (χ2n) is 5.71. The number of carbonyl (C=O) groups is 2.